The van der Waals surface area contributed by atoms with Gasteiger partial charge in [-0.1, -0.05) is 11.6 Å². The van der Waals surface area contributed by atoms with E-state index in [9.17, 15) is 34.8 Å². The van der Waals surface area contributed by atoms with Crippen LogP contribution >= 0.6 is 11.6 Å². The highest BCUT2D eigenvalue weighted by Crippen LogP contribution is 2.37. The molecular formula is C21H25ClF3N3O6S2. The van der Waals surface area contributed by atoms with Crippen LogP contribution in [-0.4, -0.2) is 66.6 Å². The SMILES string of the molecule is C[C@H](C(=O)NCCOc1ccc(S(=O)(=O)N(C)C)cc1)N(c1ccc(Cl)c(C(F)(F)F)c1)S(C)(=O)=O. The van der Waals surface area contributed by atoms with Gasteiger partial charge in [0.15, 0.2) is 0 Å². The summed E-state index contributed by atoms with van der Waals surface area (Å²) >= 11 is 5.61. The number of alkyl halides is 3. The molecule has 2 rings (SSSR count). The summed E-state index contributed by atoms with van der Waals surface area (Å²) in [6.07, 6.45) is -4.06. The zero-order chi connectivity index (χ0) is 27.5. The molecule has 0 spiro atoms. The van der Waals surface area contributed by atoms with Crippen molar-refractivity contribution < 1.29 is 39.5 Å². The molecule has 1 N–H and O–H groups in total. The predicted molar refractivity (Wildman–Crippen MR) is 129 cm³/mol. The van der Waals surface area contributed by atoms with Gasteiger partial charge in [-0.25, -0.2) is 21.1 Å². The molecule has 0 bridgehead atoms. The van der Waals surface area contributed by atoms with Crippen molar-refractivity contribution in [1.82, 2.24) is 9.62 Å². The number of hydrogen-bond acceptors (Lipinski definition) is 6. The topological polar surface area (TPSA) is 113 Å². The molecule has 0 saturated heterocycles. The van der Waals surface area contributed by atoms with Gasteiger partial charge in [-0.15, -0.1) is 0 Å². The van der Waals surface area contributed by atoms with Crippen LogP contribution in [0.1, 0.15) is 12.5 Å². The molecule has 0 radical (unpaired) electrons. The van der Waals surface area contributed by atoms with Crippen molar-refractivity contribution >= 4 is 43.2 Å². The lowest BCUT2D eigenvalue weighted by atomic mass is 10.1. The quantitative estimate of drug-likeness (QED) is 0.439. The largest absolute Gasteiger partial charge is 0.492 e. The summed E-state index contributed by atoms with van der Waals surface area (Å²) in [5, 5.41) is 1.85. The van der Waals surface area contributed by atoms with Crippen LogP contribution in [0.5, 0.6) is 5.75 Å². The summed E-state index contributed by atoms with van der Waals surface area (Å²) in [6.45, 7) is 1.12. The number of hydrogen-bond donors (Lipinski definition) is 1. The van der Waals surface area contributed by atoms with Gasteiger partial charge in [0, 0.05) is 14.1 Å². The summed E-state index contributed by atoms with van der Waals surface area (Å²) in [5.41, 5.74) is -1.61. The number of halogens is 4. The van der Waals surface area contributed by atoms with Gasteiger partial charge >= 0.3 is 6.18 Å². The van der Waals surface area contributed by atoms with Gasteiger partial charge in [0.2, 0.25) is 26.0 Å². The second-order valence-electron chi connectivity index (χ2n) is 7.80. The van der Waals surface area contributed by atoms with Crippen LogP contribution in [0.3, 0.4) is 0 Å². The first-order valence-corrected chi connectivity index (χ1v) is 13.9. The second-order valence-corrected chi connectivity index (χ2v) is 12.2. The van der Waals surface area contributed by atoms with Crippen LogP contribution < -0.4 is 14.4 Å². The van der Waals surface area contributed by atoms with Crippen molar-refractivity contribution in [3.8, 4) is 5.75 Å². The summed E-state index contributed by atoms with van der Waals surface area (Å²) in [5.74, 6) is -0.450. The van der Waals surface area contributed by atoms with E-state index >= 15 is 0 Å². The standard InChI is InChI=1S/C21H25ClF3N3O6S2/c1-14(28(35(4,30)31)15-5-10-19(22)18(13-15)21(23,24)25)20(29)26-11-12-34-16-6-8-17(9-7-16)36(32,33)27(2)3/h5-10,13-14H,11-12H2,1-4H3,(H,26,29)/t14-/m1/s1. The van der Waals surface area contributed by atoms with Crippen molar-refractivity contribution in [3.05, 3.63) is 53.1 Å². The Morgan fingerprint density at radius 3 is 2.17 bits per heavy atom. The average Bonchev–Trinajstić information content (AvgIpc) is 2.76. The number of benzene rings is 2. The van der Waals surface area contributed by atoms with E-state index in [0.717, 1.165) is 22.7 Å². The Kier molecular flexibility index (Phi) is 9.26. The number of ether oxygens (including phenoxy) is 1. The molecule has 9 nitrogen and oxygen atoms in total. The van der Waals surface area contributed by atoms with Gasteiger partial charge in [-0.3, -0.25) is 9.10 Å². The zero-order valence-corrected chi connectivity index (χ0v) is 22.1. The Morgan fingerprint density at radius 1 is 1.08 bits per heavy atom. The minimum Gasteiger partial charge on any atom is -0.492 e. The Hall–Kier alpha value is -2.55. The Morgan fingerprint density at radius 2 is 1.67 bits per heavy atom. The van der Waals surface area contributed by atoms with Crippen LogP contribution in [0.25, 0.3) is 0 Å². The third-order valence-corrected chi connectivity index (χ3v) is 8.27. The van der Waals surface area contributed by atoms with Crippen molar-refractivity contribution in [1.29, 1.82) is 0 Å². The van der Waals surface area contributed by atoms with Crippen molar-refractivity contribution in [3.63, 3.8) is 0 Å². The van der Waals surface area contributed by atoms with E-state index < -0.39 is 48.8 Å². The van der Waals surface area contributed by atoms with Crippen LogP contribution in [0, 0.1) is 0 Å². The smallest absolute Gasteiger partial charge is 0.417 e. The first-order chi connectivity index (χ1) is 16.5. The Labute approximate surface area is 212 Å². The number of rotatable bonds is 10. The molecule has 1 atom stereocenters. The fourth-order valence-corrected chi connectivity index (χ4v) is 5.38. The predicted octanol–water partition coefficient (Wildman–Crippen LogP) is 2.96. The molecular weight excluding hydrogens is 547 g/mol. The number of amides is 1. The Balaban J connectivity index is 2.06. The summed E-state index contributed by atoms with van der Waals surface area (Å²) < 4.78 is 95.6. The van der Waals surface area contributed by atoms with E-state index in [4.69, 9.17) is 16.3 Å². The summed E-state index contributed by atoms with van der Waals surface area (Å²) in [6, 6.07) is 6.74. The number of nitrogens with one attached hydrogen (secondary N) is 1. The summed E-state index contributed by atoms with van der Waals surface area (Å²) in [7, 11) is -4.96. The first-order valence-electron chi connectivity index (χ1n) is 10.3. The molecule has 15 heteroatoms. The second kappa shape index (κ2) is 11.2. The first kappa shape index (κ1) is 29.7. The number of carbonyl (C=O) groups is 1. The van der Waals surface area contributed by atoms with E-state index in [2.05, 4.69) is 5.32 Å². The van der Waals surface area contributed by atoms with Crippen LogP contribution in [-0.2, 0) is 31.0 Å². The highest BCUT2D eigenvalue weighted by atomic mass is 35.5. The maximum atomic E-state index is 13.2. The van der Waals surface area contributed by atoms with Gasteiger partial charge in [0.25, 0.3) is 0 Å². The number of nitrogens with zero attached hydrogens (tertiary/aromatic N) is 2. The maximum Gasteiger partial charge on any atom is 0.417 e. The van der Waals surface area contributed by atoms with E-state index in [0.29, 0.717) is 16.1 Å². The van der Waals surface area contributed by atoms with E-state index in [1.54, 1.807) is 0 Å². The molecule has 0 heterocycles. The molecule has 36 heavy (non-hydrogen) atoms. The molecule has 1 amide bonds. The number of carbonyl (C=O) groups excluding carboxylic acids is 1. The monoisotopic (exact) mass is 571 g/mol. The van der Waals surface area contributed by atoms with Crippen molar-refractivity contribution in [2.24, 2.45) is 0 Å². The molecule has 0 saturated carbocycles. The third-order valence-electron chi connectivity index (χ3n) is 4.87. The summed E-state index contributed by atoms with van der Waals surface area (Å²) in [4.78, 5) is 12.7. The average molecular weight is 572 g/mol. The van der Waals surface area contributed by atoms with Crippen molar-refractivity contribution in [2.75, 3.05) is 37.8 Å². The van der Waals surface area contributed by atoms with Crippen LogP contribution in [0.15, 0.2) is 47.4 Å². The molecule has 2 aromatic rings. The fourth-order valence-electron chi connectivity index (χ4n) is 3.09. The molecule has 0 aliphatic heterocycles. The van der Waals surface area contributed by atoms with E-state index in [1.807, 2.05) is 0 Å². The van der Waals surface area contributed by atoms with Gasteiger partial charge in [-0.05, 0) is 49.4 Å². The van der Waals surface area contributed by atoms with Gasteiger partial charge in [0.05, 0.1) is 34.0 Å². The lowest BCUT2D eigenvalue weighted by molar-refractivity contribution is -0.137. The van der Waals surface area contributed by atoms with Gasteiger partial charge in [-0.2, -0.15) is 13.2 Å². The number of anilines is 1. The van der Waals surface area contributed by atoms with E-state index in [1.165, 1.54) is 45.3 Å². The maximum absolute atomic E-state index is 13.2. The lowest BCUT2D eigenvalue weighted by Crippen LogP contribution is -2.48. The molecule has 0 fully saturated rings. The molecule has 0 aromatic heterocycles. The molecule has 0 aliphatic carbocycles. The fraction of sp³-hybridized carbons (Fsp3) is 0.381. The third kappa shape index (κ3) is 7.24. The lowest BCUT2D eigenvalue weighted by Gasteiger charge is -2.29. The molecule has 0 aliphatic rings. The Bertz CT molecular complexity index is 1300. The highest BCUT2D eigenvalue weighted by molar-refractivity contribution is 7.92. The minimum atomic E-state index is -4.83. The van der Waals surface area contributed by atoms with Crippen LogP contribution in [0.4, 0.5) is 18.9 Å². The minimum absolute atomic E-state index is 0.0454. The molecule has 2 aromatic carbocycles. The zero-order valence-electron chi connectivity index (χ0n) is 19.7. The van der Waals surface area contributed by atoms with E-state index in [-0.39, 0.29) is 23.7 Å². The molecule has 200 valence electrons. The normalized spacial score (nSPS) is 13.4. The van der Waals surface area contributed by atoms with Crippen LogP contribution in [0.2, 0.25) is 5.02 Å². The molecule has 0 unspecified atom stereocenters. The van der Waals surface area contributed by atoms with Gasteiger partial charge < -0.3 is 10.1 Å². The van der Waals surface area contributed by atoms with Crippen molar-refractivity contribution in [2.45, 2.75) is 24.0 Å². The van der Waals surface area contributed by atoms with Gasteiger partial charge in [0.1, 0.15) is 18.4 Å². The highest BCUT2D eigenvalue weighted by Gasteiger charge is 2.36. The number of sulfonamides is 2.